The minimum atomic E-state index is -0.0323. The Morgan fingerprint density at radius 1 is 1.07 bits per heavy atom. The van der Waals surface area contributed by atoms with Gasteiger partial charge in [0.05, 0.1) is 18.3 Å². The molecular formula is C21H22N4OS. The molecule has 4 rings (SSSR count). The average molecular weight is 379 g/mol. The van der Waals surface area contributed by atoms with Crippen LogP contribution in [0.5, 0.6) is 0 Å². The van der Waals surface area contributed by atoms with E-state index in [4.69, 9.17) is 17.0 Å². The van der Waals surface area contributed by atoms with E-state index >= 15 is 0 Å². The summed E-state index contributed by atoms with van der Waals surface area (Å²) >= 11 is 5.73. The number of methoxy groups -OCH3 is 1. The van der Waals surface area contributed by atoms with Crippen LogP contribution in [-0.4, -0.2) is 28.4 Å². The van der Waals surface area contributed by atoms with Gasteiger partial charge in [0.15, 0.2) is 5.11 Å². The van der Waals surface area contributed by atoms with Crippen molar-refractivity contribution in [3.8, 4) is 0 Å². The minimum absolute atomic E-state index is 0.00153. The van der Waals surface area contributed by atoms with Gasteiger partial charge in [-0.05, 0) is 48.6 Å². The van der Waals surface area contributed by atoms with Crippen LogP contribution in [0, 0.1) is 0 Å². The summed E-state index contributed by atoms with van der Waals surface area (Å²) < 4.78 is 7.52. The zero-order valence-electron chi connectivity index (χ0n) is 15.2. The second-order valence-corrected chi connectivity index (χ2v) is 6.84. The number of nitrogens with one attached hydrogen (secondary N) is 1. The van der Waals surface area contributed by atoms with Crippen molar-refractivity contribution in [3.63, 3.8) is 0 Å². The second-order valence-electron chi connectivity index (χ2n) is 6.45. The number of aromatic nitrogens is 2. The Morgan fingerprint density at radius 2 is 1.89 bits per heavy atom. The molecule has 138 valence electrons. The first kappa shape index (κ1) is 17.7. The highest BCUT2D eigenvalue weighted by Crippen LogP contribution is 2.41. The van der Waals surface area contributed by atoms with Crippen LogP contribution in [0.4, 0.5) is 5.69 Å². The zero-order valence-corrected chi connectivity index (χ0v) is 16.0. The first-order valence-electron chi connectivity index (χ1n) is 8.99. The van der Waals surface area contributed by atoms with E-state index in [0.29, 0.717) is 11.7 Å². The van der Waals surface area contributed by atoms with Crippen LogP contribution in [0.15, 0.2) is 73.1 Å². The minimum Gasteiger partial charge on any atom is -0.383 e. The fourth-order valence-electron chi connectivity index (χ4n) is 3.61. The molecule has 1 fully saturated rings. The lowest BCUT2D eigenvalue weighted by Gasteiger charge is -2.29. The largest absolute Gasteiger partial charge is 0.383 e. The number of thiocarbonyl (C=S) groups is 1. The molecular weight excluding hydrogens is 356 g/mol. The number of anilines is 1. The number of benzene rings is 1. The first-order valence-corrected chi connectivity index (χ1v) is 9.40. The van der Waals surface area contributed by atoms with E-state index in [1.165, 1.54) is 5.69 Å². The summed E-state index contributed by atoms with van der Waals surface area (Å²) in [6, 6.07) is 20.5. The summed E-state index contributed by atoms with van der Waals surface area (Å²) in [5.41, 5.74) is 3.22. The summed E-state index contributed by atoms with van der Waals surface area (Å²) in [4.78, 5) is 6.78. The van der Waals surface area contributed by atoms with Gasteiger partial charge in [0.2, 0.25) is 0 Å². The van der Waals surface area contributed by atoms with Crippen LogP contribution in [0.1, 0.15) is 23.5 Å². The third-order valence-electron chi connectivity index (χ3n) is 4.84. The maximum atomic E-state index is 5.73. The Labute approximate surface area is 164 Å². The number of nitrogens with zero attached hydrogens (tertiary/aromatic N) is 3. The van der Waals surface area contributed by atoms with Crippen LogP contribution in [0.3, 0.4) is 0 Å². The zero-order chi connectivity index (χ0) is 18.6. The van der Waals surface area contributed by atoms with Gasteiger partial charge in [-0.15, -0.1) is 0 Å². The SMILES string of the molecule is COCCn1cccc1[C@H]1[C@H](c2ccccn2)NC(=S)N1c1ccccc1. The predicted octanol–water partition coefficient (Wildman–Crippen LogP) is 3.71. The summed E-state index contributed by atoms with van der Waals surface area (Å²) in [6.07, 6.45) is 3.92. The van der Waals surface area contributed by atoms with Crippen molar-refractivity contribution in [2.24, 2.45) is 0 Å². The second kappa shape index (κ2) is 7.90. The number of hydrogen-bond acceptors (Lipinski definition) is 3. The highest BCUT2D eigenvalue weighted by atomic mass is 32.1. The summed E-state index contributed by atoms with van der Waals surface area (Å²) in [7, 11) is 1.72. The predicted molar refractivity (Wildman–Crippen MR) is 111 cm³/mol. The van der Waals surface area contributed by atoms with Gasteiger partial charge >= 0.3 is 0 Å². The van der Waals surface area contributed by atoms with E-state index in [-0.39, 0.29) is 12.1 Å². The lowest BCUT2D eigenvalue weighted by molar-refractivity contribution is 0.186. The van der Waals surface area contributed by atoms with Crippen molar-refractivity contribution in [2.45, 2.75) is 18.6 Å². The Morgan fingerprint density at radius 3 is 2.63 bits per heavy atom. The Balaban J connectivity index is 1.80. The maximum absolute atomic E-state index is 5.73. The molecule has 6 heteroatoms. The highest BCUT2D eigenvalue weighted by molar-refractivity contribution is 7.80. The van der Waals surface area contributed by atoms with E-state index in [9.17, 15) is 0 Å². The molecule has 0 saturated carbocycles. The molecule has 0 amide bonds. The quantitative estimate of drug-likeness (QED) is 0.663. The number of hydrogen-bond donors (Lipinski definition) is 1. The van der Waals surface area contributed by atoms with E-state index in [1.807, 2.05) is 42.6 Å². The molecule has 0 spiro atoms. The third-order valence-corrected chi connectivity index (χ3v) is 5.15. The monoisotopic (exact) mass is 378 g/mol. The number of rotatable bonds is 6. The summed E-state index contributed by atoms with van der Waals surface area (Å²) in [5, 5.41) is 4.20. The molecule has 1 aliphatic heterocycles. The van der Waals surface area contributed by atoms with Gasteiger partial charge in [-0.3, -0.25) is 4.98 Å². The summed E-state index contributed by atoms with van der Waals surface area (Å²) in [6.45, 7) is 1.45. The highest BCUT2D eigenvalue weighted by Gasteiger charge is 2.41. The van der Waals surface area contributed by atoms with Crippen LogP contribution in [0.2, 0.25) is 0 Å². The molecule has 2 aromatic heterocycles. The fourth-order valence-corrected chi connectivity index (χ4v) is 3.96. The molecule has 1 aromatic carbocycles. The average Bonchev–Trinajstić information content (AvgIpc) is 3.31. The molecule has 2 atom stereocenters. The van der Waals surface area contributed by atoms with E-state index in [1.54, 1.807) is 7.11 Å². The fraction of sp³-hybridized carbons (Fsp3) is 0.238. The molecule has 1 N–H and O–H groups in total. The molecule has 0 bridgehead atoms. The van der Waals surface area contributed by atoms with E-state index in [2.05, 4.69) is 50.2 Å². The van der Waals surface area contributed by atoms with Gasteiger partial charge in [0, 0.05) is 37.4 Å². The van der Waals surface area contributed by atoms with Gasteiger partial charge in [-0.1, -0.05) is 24.3 Å². The molecule has 0 radical (unpaired) electrons. The Hall–Kier alpha value is -2.70. The summed E-state index contributed by atoms with van der Waals surface area (Å²) in [5.74, 6) is 0. The van der Waals surface area contributed by atoms with Crippen molar-refractivity contribution in [1.82, 2.24) is 14.9 Å². The number of ether oxygens (including phenoxy) is 1. The topological polar surface area (TPSA) is 42.3 Å². The van der Waals surface area contributed by atoms with Gasteiger partial charge < -0.3 is 19.5 Å². The van der Waals surface area contributed by atoms with Crippen LogP contribution >= 0.6 is 12.2 Å². The molecule has 27 heavy (non-hydrogen) atoms. The molecule has 3 aromatic rings. The molecule has 3 heterocycles. The van der Waals surface area contributed by atoms with Crippen LogP contribution in [-0.2, 0) is 11.3 Å². The van der Waals surface area contributed by atoms with Gasteiger partial charge in [-0.2, -0.15) is 0 Å². The molecule has 1 saturated heterocycles. The Bertz CT molecular complexity index is 897. The molecule has 5 nitrogen and oxygen atoms in total. The normalized spacial score (nSPS) is 19.3. The lowest BCUT2D eigenvalue weighted by Crippen LogP contribution is -2.30. The van der Waals surface area contributed by atoms with E-state index in [0.717, 1.165) is 17.9 Å². The maximum Gasteiger partial charge on any atom is 0.174 e. The third kappa shape index (κ3) is 3.46. The molecule has 0 aliphatic carbocycles. The molecule has 1 aliphatic rings. The van der Waals surface area contributed by atoms with Crippen LogP contribution in [0.25, 0.3) is 0 Å². The first-order chi connectivity index (χ1) is 13.3. The van der Waals surface area contributed by atoms with E-state index < -0.39 is 0 Å². The van der Waals surface area contributed by atoms with Crippen molar-refractivity contribution in [1.29, 1.82) is 0 Å². The van der Waals surface area contributed by atoms with Gasteiger partial charge in [-0.25, -0.2) is 0 Å². The lowest BCUT2D eigenvalue weighted by atomic mass is 10.0. The van der Waals surface area contributed by atoms with Crippen molar-refractivity contribution >= 4 is 23.0 Å². The van der Waals surface area contributed by atoms with Gasteiger partial charge in [0.1, 0.15) is 6.04 Å². The standard InChI is InChI=1S/C21H22N4OS/c1-26-15-14-24-13-7-11-18(24)20-19(17-10-5-6-12-22-17)23-21(27)25(20)16-8-3-2-4-9-16/h2-13,19-20H,14-15H2,1H3,(H,23,27)/t19-,20-/m0/s1. The van der Waals surface area contributed by atoms with Crippen molar-refractivity contribution in [2.75, 3.05) is 18.6 Å². The smallest absolute Gasteiger partial charge is 0.174 e. The Kier molecular flexibility index (Phi) is 5.18. The molecule has 0 unspecified atom stereocenters. The van der Waals surface area contributed by atoms with Crippen LogP contribution < -0.4 is 10.2 Å². The van der Waals surface area contributed by atoms with Crippen molar-refractivity contribution in [3.05, 3.63) is 84.4 Å². The van der Waals surface area contributed by atoms with Crippen molar-refractivity contribution < 1.29 is 4.74 Å². The van der Waals surface area contributed by atoms with Gasteiger partial charge in [0.25, 0.3) is 0 Å². The number of para-hydroxylation sites is 1. The number of pyridine rings is 1.